The van der Waals surface area contributed by atoms with Gasteiger partial charge >= 0.3 is 5.97 Å². The first-order chi connectivity index (χ1) is 10.0. The lowest BCUT2D eigenvalue weighted by molar-refractivity contribution is -0.140. The van der Waals surface area contributed by atoms with Crippen molar-refractivity contribution in [3.05, 3.63) is 15.9 Å². The molecule has 0 saturated heterocycles. The second-order valence-electron chi connectivity index (χ2n) is 4.65. The van der Waals surface area contributed by atoms with Gasteiger partial charge in [-0.2, -0.15) is 4.98 Å². The molecule has 114 valence electrons. The molecule has 0 aromatic carbocycles. The maximum absolute atomic E-state index is 12.0. The largest absolute Gasteiger partial charge is 0.481 e. The third-order valence-electron chi connectivity index (χ3n) is 3.10. The third kappa shape index (κ3) is 3.57. The van der Waals surface area contributed by atoms with Crippen LogP contribution in [-0.2, 0) is 20.7 Å². The number of ether oxygens (including phenoxy) is 1. The van der Waals surface area contributed by atoms with Gasteiger partial charge in [-0.1, -0.05) is 0 Å². The number of anilines is 2. The molecule has 1 aliphatic rings. The number of hydrogen-bond donors (Lipinski definition) is 4. The molecule has 1 unspecified atom stereocenters. The molecule has 1 aromatic rings. The quantitative estimate of drug-likeness (QED) is 0.516. The van der Waals surface area contributed by atoms with Crippen LogP contribution in [0.25, 0.3) is 0 Å². The van der Waals surface area contributed by atoms with E-state index < -0.39 is 23.4 Å². The second-order valence-corrected chi connectivity index (χ2v) is 4.65. The Balaban J connectivity index is 2.20. The highest BCUT2D eigenvalue weighted by molar-refractivity contribution is 5.96. The van der Waals surface area contributed by atoms with Crippen LogP contribution in [0.2, 0.25) is 0 Å². The maximum atomic E-state index is 12.0. The molecule has 0 bridgehead atoms. The van der Waals surface area contributed by atoms with E-state index in [0.29, 0.717) is 13.2 Å². The molecule has 0 aliphatic carbocycles. The van der Waals surface area contributed by atoms with Gasteiger partial charge in [0, 0.05) is 13.7 Å². The van der Waals surface area contributed by atoms with Crippen LogP contribution in [0.15, 0.2) is 4.79 Å². The average molecular weight is 296 g/mol. The van der Waals surface area contributed by atoms with Crippen LogP contribution in [0.5, 0.6) is 0 Å². The second kappa shape index (κ2) is 6.35. The number of carbonyl (C=O) groups excluding carboxylic acids is 1. The molecule has 1 aliphatic heterocycles. The zero-order valence-electron chi connectivity index (χ0n) is 11.4. The SMILES string of the molecule is COCCNc1nc2c(c(=O)[nH]1)CC(CC(=O)O)C(=O)N2. The topological polar surface area (TPSA) is 133 Å². The van der Waals surface area contributed by atoms with Gasteiger partial charge in [-0.25, -0.2) is 0 Å². The van der Waals surface area contributed by atoms with Crippen LogP contribution in [0.1, 0.15) is 12.0 Å². The summed E-state index contributed by atoms with van der Waals surface area (Å²) >= 11 is 0. The molecule has 0 radical (unpaired) electrons. The molecule has 1 atom stereocenters. The Morgan fingerprint density at radius 3 is 2.95 bits per heavy atom. The van der Waals surface area contributed by atoms with Crippen LogP contribution >= 0.6 is 0 Å². The number of rotatable bonds is 6. The van der Waals surface area contributed by atoms with Crippen molar-refractivity contribution in [3.8, 4) is 0 Å². The first-order valence-corrected chi connectivity index (χ1v) is 6.40. The van der Waals surface area contributed by atoms with Crippen LogP contribution in [-0.4, -0.2) is 47.2 Å². The Morgan fingerprint density at radius 1 is 1.52 bits per heavy atom. The molecular formula is C12H16N4O5. The van der Waals surface area contributed by atoms with Gasteiger partial charge in [-0.05, 0) is 6.42 Å². The van der Waals surface area contributed by atoms with E-state index in [4.69, 9.17) is 9.84 Å². The number of carboxylic acids is 1. The molecule has 1 aromatic heterocycles. The van der Waals surface area contributed by atoms with Gasteiger partial charge in [-0.3, -0.25) is 19.4 Å². The zero-order valence-corrected chi connectivity index (χ0v) is 11.4. The van der Waals surface area contributed by atoms with Crippen LogP contribution in [0, 0.1) is 5.92 Å². The standard InChI is InChI=1S/C12H16N4O5/c1-21-3-2-13-12-15-9-7(11(20)16-12)4-6(5-8(17)18)10(19)14-9/h6H,2-5H2,1H3,(H,17,18)(H3,13,14,15,16,19,20). The monoisotopic (exact) mass is 296 g/mol. The lowest BCUT2D eigenvalue weighted by Gasteiger charge is -2.22. The molecule has 0 saturated carbocycles. The van der Waals surface area contributed by atoms with Crippen molar-refractivity contribution in [3.63, 3.8) is 0 Å². The Labute approximate surface area is 119 Å². The minimum Gasteiger partial charge on any atom is -0.481 e. The summed E-state index contributed by atoms with van der Waals surface area (Å²) in [5, 5.41) is 14.1. The predicted octanol–water partition coefficient (Wildman–Crippen LogP) is -0.586. The number of aromatic amines is 1. The van der Waals surface area contributed by atoms with E-state index in [2.05, 4.69) is 20.6 Å². The summed E-state index contributed by atoms with van der Waals surface area (Å²) in [5.74, 6) is -1.88. The number of hydrogen-bond acceptors (Lipinski definition) is 6. The number of nitrogens with one attached hydrogen (secondary N) is 3. The third-order valence-corrected chi connectivity index (χ3v) is 3.10. The van der Waals surface area contributed by atoms with Gasteiger partial charge in [0.1, 0.15) is 5.82 Å². The number of aromatic nitrogens is 2. The molecule has 2 heterocycles. The average Bonchev–Trinajstić information content (AvgIpc) is 2.40. The Bertz CT molecular complexity index is 612. The summed E-state index contributed by atoms with van der Waals surface area (Å²) < 4.78 is 4.87. The highest BCUT2D eigenvalue weighted by Gasteiger charge is 2.31. The van der Waals surface area contributed by atoms with Crippen molar-refractivity contribution < 1.29 is 19.4 Å². The number of aliphatic carboxylic acids is 1. The van der Waals surface area contributed by atoms with E-state index in [0.717, 1.165) is 0 Å². The summed E-state index contributed by atoms with van der Waals surface area (Å²) in [5.41, 5.74) is -0.103. The molecule has 1 amide bonds. The van der Waals surface area contributed by atoms with Crippen molar-refractivity contribution in [2.75, 3.05) is 30.9 Å². The zero-order chi connectivity index (χ0) is 15.4. The summed E-state index contributed by atoms with van der Waals surface area (Å²) in [7, 11) is 1.55. The molecule has 0 fully saturated rings. The lowest BCUT2D eigenvalue weighted by Crippen LogP contribution is -2.36. The fourth-order valence-corrected chi connectivity index (χ4v) is 2.08. The molecule has 21 heavy (non-hydrogen) atoms. The molecule has 2 rings (SSSR count). The van der Waals surface area contributed by atoms with Crippen molar-refractivity contribution >= 4 is 23.6 Å². The summed E-state index contributed by atoms with van der Waals surface area (Å²) in [6.45, 7) is 0.891. The normalized spacial score (nSPS) is 17.0. The number of amides is 1. The van der Waals surface area contributed by atoms with Gasteiger partial charge in [0.15, 0.2) is 0 Å². The fraction of sp³-hybridized carbons (Fsp3) is 0.500. The number of fused-ring (bicyclic) bond motifs is 1. The van der Waals surface area contributed by atoms with E-state index in [1.165, 1.54) is 0 Å². The van der Waals surface area contributed by atoms with E-state index in [1.54, 1.807) is 7.11 Å². The van der Waals surface area contributed by atoms with Crippen molar-refractivity contribution in [1.29, 1.82) is 0 Å². The van der Waals surface area contributed by atoms with E-state index in [1.807, 2.05) is 0 Å². The van der Waals surface area contributed by atoms with Gasteiger partial charge in [0.2, 0.25) is 11.9 Å². The molecular weight excluding hydrogens is 280 g/mol. The summed E-state index contributed by atoms with van der Waals surface area (Å²) in [4.78, 5) is 41.2. The molecule has 0 spiro atoms. The Morgan fingerprint density at radius 2 is 2.29 bits per heavy atom. The first kappa shape index (κ1) is 15.0. The summed E-state index contributed by atoms with van der Waals surface area (Å²) in [6.07, 6.45) is -0.257. The molecule has 9 nitrogen and oxygen atoms in total. The summed E-state index contributed by atoms with van der Waals surface area (Å²) in [6, 6.07) is 0. The predicted molar refractivity (Wildman–Crippen MR) is 73.3 cm³/mol. The van der Waals surface area contributed by atoms with Gasteiger partial charge in [0.05, 0.1) is 24.5 Å². The smallest absolute Gasteiger partial charge is 0.304 e. The lowest BCUT2D eigenvalue weighted by atomic mass is 9.93. The minimum absolute atomic E-state index is 0.0636. The molecule has 4 N–H and O–H groups in total. The Hall–Kier alpha value is -2.42. The number of methoxy groups -OCH3 is 1. The van der Waals surface area contributed by atoms with Gasteiger partial charge < -0.3 is 20.5 Å². The van der Waals surface area contributed by atoms with Crippen LogP contribution in [0.4, 0.5) is 11.8 Å². The number of nitrogens with zero attached hydrogens (tertiary/aromatic N) is 1. The maximum Gasteiger partial charge on any atom is 0.304 e. The van der Waals surface area contributed by atoms with Gasteiger partial charge in [-0.15, -0.1) is 0 Å². The van der Waals surface area contributed by atoms with Crippen molar-refractivity contribution in [2.45, 2.75) is 12.8 Å². The van der Waals surface area contributed by atoms with Gasteiger partial charge in [0.25, 0.3) is 5.56 Å². The van der Waals surface area contributed by atoms with E-state index in [-0.39, 0.29) is 30.2 Å². The number of carbonyl (C=O) groups is 2. The van der Waals surface area contributed by atoms with Crippen LogP contribution in [0.3, 0.4) is 0 Å². The number of H-pyrrole nitrogens is 1. The Kier molecular flexibility index (Phi) is 4.53. The number of carboxylic acid groups (broad SMARTS) is 1. The molecule has 9 heteroatoms. The minimum atomic E-state index is -1.08. The highest BCUT2D eigenvalue weighted by atomic mass is 16.5. The van der Waals surface area contributed by atoms with Crippen molar-refractivity contribution in [2.24, 2.45) is 5.92 Å². The van der Waals surface area contributed by atoms with E-state index >= 15 is 0 Å². The van der Waals surface area contributed by atoms with Crippen molar-refractivity contribution in [1.82, 2.24) is 9.97 Å². The van der Waals surface area contributed by atoms with Crippen LogP contribution < -0.4 is 16.2 Å². The fourth-order valence-electron chi connectivity index (χ4n) is 2.08. The van der Waals surface area contributed by atoms with E-state index in [9.17, 15) is 14.4 Å². The highest BCUT2D eigenvalue weighted by Crippen LogP contribution is 2.23. The first-order valence-electron chi connectivity index (χ1n) is 6.40.